The average Bonchev–Trinajstić information content (AvgIpc) is 2.92. The van der Waals surface area contributed by atoms with E-state index in [4.69, 9.17) is 5.11 Å². The minimum atomic E-state index is -5.02. The normalized spacial score (nSPS) is 16.0. The molecule has 0 atom stereocenters. The minimum Gasteiger partial charge on any atom is -0.478 e. The first-order valence-corrected chi connectivity index (χ1v) is 6.40. The molecule has 1 aromatic heterocycles. The van der Waals surface area contributed by atoms with Gasteiger partial charge in [0.25, 0.3) is 0 Å². The molecule has 1 aliphatic rings. The molecule has 1 heterocycles. The average molecular weight is 302 g/mol. The number of pyridine rings is 1. The maximum atomic E-state index is 12.8. The molecule has 2 rings (SSSR count). The van der Waals surface area contributed by atoms with Crippen molar-refractivity contribution in [1.82, 2.24) is 4.98 Å². The molecule has 0 saturated heterocycles. The molecule has 8 heteroatoms. The Morgan fingerprint density at radius 1 is 1.29 bits per heavy atom. The first-order chi connectivity index (χ1) is 9.80. The van der Waals surface area contributed by atoms with Gasteiger partial charge in [-0.3, -0.25) is 9.69 Å². The van der Waals surface area contributed by atoms with Crippen molar-refractivity contribution < 1.29 is 27.9 Å². The summed E-state index contributed by atoms with van der Waals surface area (Å²) in [5, 5.41) is 8.90. The number of aromatic carboxylic acids is 1. The van der Waals surface area contributed by atoms with Crippen molar-refractivity contribution in [3.05, 3.63) is 23.9 Å². The molecule has 1 saturated carbocycles. The number of carbonyl (C=O) groups is 2. The summed E-state index contributed by atoms with van der Waals surface area (Å²) in [6.45, 7) is 0. The lowest BCUT2D eigenvalue weighted by Crippen LogP contribution is -2.47. The number of carboxylic acids is 1. The molecule has 21 heavy (non-hydrogen) atoms. The summed E-state index contributed by atoms with van der Waals surface area (Å²) < 4.78 is 38.3. The van der Waals surface area contributed by atoms with Crippen LogP contribution in [0.5, 0.6) is 0 Å². The number of amides is 1. The Morgan fingerprint density at radius 2 is 1.90 bits per heavy atom. The fraction of sp³-hybridized carbons (Fsp3) is 0.462. The highest BCUT2D eigenvalue weighted by atomic mass is 19.4. The van der Waals surface area contributed by atoms with Crippen molar-refractivity contribution in [3.8, 4) is 0 Å². The highest BCUT2D eigenvalue weighted by Crippen LogP contribution is 2.31. The topological polar surface area (TPSA) is 70.5 Å². The van der Waals surface area contributed by atoms with Crippen molar-refractivity contribution in [2.75, 3.05) is 4.90 Å². The molecule has 1 N–H and O–H groups in total. The molecule has 0 spiro atoms. The fourth-order valence-electron chi connectivity index (χ4n) is 2.44. The van der Waals surface area contributed by atoms with Gasteiger partial charge in [0.05, 0.1) is 5.56 Å². The Morgan fingerprint density at radius 3 is 2.43 bits per heavy atom. The summed E-state index contributed by atoms with van der Waals surface area (Å²) >= 11 is 0. The third kappa shape index (κ3) is 3.32. The molecule has 0 unspecified atom stereocenters. The van der Waals surface area contributed by atoms with Crippen LogP contribution >= 0.6 is 0 Å². The van der Waals surface area contributed by atoms with E-state index >= 15 is 0 Å². The smallest absolute Gasteiger partial charge is 0.471 e. The van der Waals surface area contributed by atoms with E-state index in [0.29, 0.717) is 17.7 Å². The number of hydrogen-bond donors (Lipinski definition) is 1. The maximum Gasteiger partial charge on any atom is 0.471 e. The van der Waals surface area contributed by atoms with Crippen LogP contribution in [0.4, 0.5) is 19.0 Å². The van der Waals surface area contributed by atoms with Crippen molar-refractivity contribution in [2.24, 2.45) is 0 Å². The first kappa shape index (κ1) is 15.3. The Labute approximate surface area is 118 Å². The number of carboxylic acid groups (broad SMARTS) is 1. The van der Waals surface area contributed by atoms with Gasteiger partial charge in [-0.2, -0.15) is 13.2 Å². The van der Waals surface area contributed by atoms with E-state index < -0.39 is 24.1 Å². The highest BCUT2D eigenvalue weighted by molar-refractivity contribution is 5.98. The summed E-state index contributed by atoms with van der Waals surface area (Å²) in [4.78, 5) is 26.9. The summed E-state index contributed by atoms with van der Waals surface area (Å²) in [5.41, 5.74) is -0.210. The van der Waals surface area contributed by atoms with Gasteiger partial charge in [0.15, 0.2) is 0 Å². The van der Waals surface area contributed by atoms with E-state index in [1.165, 1.54) is 0 Å². The molecular formula is C13H13F3N2O3. The molecule has 0 bridgehead atoms. The minimum absolute atomic E-state index is 0.210. The lowest BCUT2D eigenvalue weighted by molar-refractivity contribution is -0.171. The van der Waals surface area contributed by atoms with Gasteiger partial charge in [-0.25, -0.2) is 9.78 Å². The molecule has 1 fully saturated rings. The molecular weight excluding hydrogens is 289 g/mol. The lowest BCUT2D eigenvalue weighted by Gasteiger charge is -2.28. The molecule has 1 aliphatic carbocycles. The Hall–Kier alpha value is -2.12. The zero-order valence-corrected chi connectivity index (χ0v) is 10.9. The quantitative estimate of drug-likeness (QED) is 0.931. The molecule has 0 radical (unpaired) electrons. The van der Waals surface area contributed by atoms with E-state index in [1.807, 2.05) is 0 Å². The van der Waals surface area contributed by atoms with Crippen LogP contribution in [0, 0.1) is 0 Å². The molecule has 0 aliphatic heterocycles. The van der Waals surface area contributed by atoms with Gasteiger partial charge in [0.2, 0.25) is 0 Å². The van der Waals surface area contributed by atoms with Crippen LogP contribution in [0.1, 0.15) is 36.0 Å². The van der Waals surface area contributed by atoms with Gasteiger partial charge in [-0.1, -0.05) is 12.8 Å². The van der Waals surface area contributed by atoms with E-state index in [-0.39, 0.29) is 11.4 Å². The number of anilines is 1. The lowest BCUT2D eigenvalue weighted by atomic mass is 10.2. The maximum absolute atomic E-state index is 12.8. The van der Waals surface area contributed by atoms with Crippen LogP contribution in [0.25, 0.3) is 0 Å². The Bertz CT molecular complexity index is 554. The predicted octanol–water partition coefficient (Wildman–Crippen LogP) is 2.62. The van der Waals surface area contributed by atoms with Crippen LogP contribution in [-0.2, 0) is 4.79 Å². The second kappa shape index (κ2) is 5.71. The zero-order chi connectivity index (χ0) is 15.6. The number of carbonyl (C=O) groups excluding carboxylic acids is 1. The van der Waals surface area contributed by atoms with Crippen LogP contribution in [0.3, 0.4) is 0 Å². The number of hydrogen-bond acceptors (Lipinski definition) is 3. The van der Waals surface area contributed by atoms with E-state index in [9.17, 15) is 22.8 Å². The van der Waals surface area contributed by atoms with Gasteiger partial charge in [-0.05, 0) is 25.0 Å². The third-order valence-corrected chi connectivity index (χ3v) is 3.39. The number of aromatic nitrogens is 1. The second-order valence-electron chi connectivity index (χ2n) is 4.82. The van der Waals surface area contributed by atoms with Crippen LogP contribution < -0.4 is 4.90 Å². The summed E-state index contributed by atoms with van der Waals surface area (Å²) in [5.74, 6) is -3.57. The Balaban J connectivity index is 2.41. The molecule has 114 valence electrons. The molecule has 1 amide bonds. The van der Waals surface area contributed by atoms with E-state index in [1.54, 1.807) is 0 Å². The fourth-order valence-corrected chi connectivity index (χ4v) is 2.44. The zero-order valence-electron chi connectivity index (χ0n) is 10.9. The number of nitrogens with zero attached hydrogens (tertiary/aromatic N) is 2. The Kier molecular flexibility index (Phi) is 4.15. The van der Waals surface area contributed by atoms with Gasteiger partial charge in [0.1, 0.15) is 5.82 Å². The van der Waals surface area contributed by atoms with Crippen LogP contribution in [0.2, 0.25) is 0 Å². The van der Waals surface area contributed by atoms with Crippen molar-refractivity contribution >= 4 is 17.7 Å². The van der Waals surface area contributed by atoms with Crippen molar-refractivity contribution in [1.29, 1.82) is 0 Å². The van der Waals surface area contributed by atoms with Gasteiger partial charge in [0, 0.05) is 12.2 Å². The summed E-state index contributed by atoms with van der Waals surface area (Å²) in [6, 6.07) is 1.55. The van der Waals surface area contributed by atoms with Crippen molar-refractivity contribution in [3.63, 3.8) is 0 Å². The van der Waals surface area contributed by atoms with E-state index in [0.717, 1.165) is 31.2 Å². The summed E-state index contributed by atoms with van der Waals surface area (Å²) in [7, 11) is 0. The highest BCUT2D eigenvalue weighted by Gasteiger charge is 2.46. The summed E-state index contributed by atoms with van der Waals surface area (Å²) in [6.07, 6.45) is -1.59. The van der Waals surface area contributed by atoms with E-state index in [2.05, 4.69) is 4.98 Å². The first-order valence-electron chi connectivity index (χ1n) is 6.40. The number of rotatable bonds is 3. The predicted molar refractivity (Wildman–Crippen MR) is 67.0 cm³/mol. The third-order valence-electron chi connectivity index (χ3n) is 3.39. The number of halogens is 3. The SMILES string of the molecule is O=C(O)c1ccnc(N(C(=O)C(F)(F)F)C2CCCC2)c1. The monoisotopic (exact) mass is 302 g/mol. The van der Waals surface area contributed by atoms with Crippen LogP contribution in [0.15, 0.2) is 18.3 Å². The largest absolute Gasteiger partial charge is 0.478 e. The standard InChI is InChI=1S/C13H13F3N2O3/c14-13(15,16)12(21)18(9-3-1-2-4-9)10-7-8(11(19)20)5-6-17-10/h5-7,9H,1-4H2,(H,19,20). The molecule has 0 aromatic carbocycles. The molecule has 1 aromatic rings. The number of alkyl halides is 3. The molecule has 5 nitrogen and oxygen atoms in total. The van der Waals surface area contributed by atoms with Crippen molar-refractivity contribution in [2.45, 2.75) is 37.9 Å². The van der Waals surface area contributed by atoms with Gasteiger partial charge >= 0.3 is 18.1 Å². The second-order valence-corrected chi connectivity index (χ2v) is 4.82. The van der Waals surface area contributed by atoms with Gasteiger partial charge in [-0.15, -0.1) is 0 Å². The van der Waals surface area contributed by atoms with Gasteiger partial charge < -0.3 is 5.11 Å². The van der Waals surface area contributed by atoms with Crippen LogP contribution in [-0.4, -0.2) is 34.2 Å².